The second-order valence-electron chi connectivity index (χ2n) is 6.52. The van der Waals surface area contributed by atoms with Crippen molar-refractivity contribution in [1.82, 2.24) is 5.32 Å². The van der Waals surface area contributed by atoms with E-state index in [0.717, 1.165) is 27.9 Å². The maximum absolute atomic E-state index is 12.8. The van der Waals surface area contributed by atoms with Crippen LogP contribution in [-0.2, 0) is 16.6 Å². The Morgan fingerprint density at radius 1 is 1.07 bits per heavy atom. The molecule has 0 aliphatic carbocycles. The third-order valence-electron chi connectivity index (χ3n) is 4.33. The van der Waals surface area contributed by atoms with Crippen LogP contribution < -0.4 is 10.0 Å². The van der Waals surface area contributed by atoms with Crippen LogP contribution in [0.25, 0.3) is 11.0 Å². The first-order chi connectivity index (χ1) is 13.9. The van der Waals surface area contributed by atoms with Gasteiger partial charge in [-0.05, 0) is 42.6 Å². The fraction of sp³-hybridized carbons (Fsp3) is 0.0952. The quantitative estimate of drug-likeness (QED) is 0.474. The van der Waals surface area contributed by atoms with E-state index in [-0.39, 0.29) is 16.3 Å². The molecule has 4 aromatic rings. The SMILES string of the molecule is Cc1ccc(NS(=O)(=O)c2ccsc2C(=O)NCc2cc3ccccc3o2)cc1. The molecular formula is C21H18N2O4S2. The number of para-hydroxylation sites is 1. The molecule has 2 heterocycles. The number of anilines is 1. The zero-order valence-electron chi connectivity index (χ0n) is 15.5. The Balaban J connectivity index is 1.50. The molecule has 1 amide bonds. The molecule has 0 unspecified atom stereocenters. The molecule has 2 aromatic heterocycles. The first kappa shape index (κ1) is 19.2. The van der Waals surface area contributed by atoms with Gasteiger partial charge in [-0.3, -0.25) is 9.52 Å². The maximum Gasteiger partial charge on any atom is 0.263 e. The zero-order chi connectivity index (χ0) is 20.4. The smallest absolute Gasteiger partial charge is 0.263 e. The number of furan rings is 1. The Labute approximate surface area is 172 Å². The number of rotatable bonds is 6. The molecule has 0 atom stereocenters. The summed E-state index contributed by atoms with van der Waals surface area (Å²) in [7, 11) is -3.89. The molecule has 2 N–H and O–H groups in total. The molecule has 0 spiro atoms. The molecule has 0 saturated carbocycles. The molecule has 4 rings (SSSR count). The van der Waals surface area contributed by atoms with E-state index in [0.29, 0.717) is 11.4 Å². The fourth-order valence-electron chi connectivity index (χ4n) is 2.88. The summed E-state index contributed by atoms with van der Waals surface area (Å²) in [6.45, 7) is 2.08. The third-order valence-corrected chi connectivity index (χ3v) is 6.79. The van der Waals surface area contributed by atoms with Crippen molar-refractivity contribution in [3.8, 4) is 0 Å². The molecule has 0 bridgehead atoms. The highest BCUT2D eigenvalue weighted by Gasteiger charge is 2.24. The highest BCUT2D eigenvalue weighted by molar-refractivity contribution is 7.93. The van der Waals surface area contributed by atoms with Crippen molar-refractivity contribution in [3.05, 3.63) is 82.2 Å². The summed E-state index contributed by atoms with van der Waals surface area (Å²) in [6.07, 6.45) is 0. The minimum absolute atomic E-state index is 0.0508. The van der Waals surface area contributed by atoms with Gasteiger partial charge in [0.2, 0.25) is 0 Å². The highest BCUT2D eigenvalue weighted by Crippen LogP contribution is 2.25. The van der Waals surface area contributed by atoms with Crippen LogP contribution in [0.4, 0.5) is 5.69 Å². The molecule has 29 heavy (non-hydrogen) atoms. The Kier molecular flexibility index (Phi) is 5.12. The second kappa shape index (κ2) is 7.73. The van der Waals surface area contributed by atoms with Crippen LogP contribution in [0.1, 0.15) is 21.0 Å². The van der Waals surface area contributed by atoms with Gasteiger partial charge in [0, 0.05) is 11.1 Å². The number of carbonyl (C=O) groups is 1. The summed E-state index contributed by atoms with van der Waals surface area (Å²) in [6, 6.07) is 17.8. The molecule has 0 saturated heterocycles. The van der Waals surface area contributed by atoms with Crippen molar-refractivity contribution in [1.29, 1.82) is 0 Å². The number of fused-ring (bicyclic) bond motifs is 1. The lowest BCUT2D eigenvalue weighted by Gasteiger charge is -2.09. The van der Waals surface area contributed by atoms with Crippen molar-refractivity contribution in [2.45, 2.75) is 18.4 Å². The summed E-state index contributed by atoms with van der Waals surface area (Å²) in [5, 5.41) is 5.26. The number of sulfonamides is 1. The Morgan fingerprint density at radius 3 is 2.59 bits per heavy atom. The average molecular weight is 427 g/mol. The predicted octanol–water partition coefficient (Wildman–Crippen LogP) is 4.53. The lowest BCUT2D eigenvalue weighted by atomic mass is 10.2. The molecule has 0 fully saturated rings. The lowest BCUT2D eigenvalue weighted by molar-refractivity contribution is 0.0949. The number of hydrogen-bond acceptors (Lipinski definition) is 5. The van der Waals surface area contributed by atoms with Crippen molar-refractivity contribution >= 4 is 43.9 Å². The minimum Gasteiger partial charge on any atom is -0.459 e. The van der Waals surface area contributed by atoms with Crippen LogP contribution in [0, 0.1) is 6.92 Å². The van der Waals surface area contributed by atoms with Crippen LogP contribution in [0.3, 0.4) is 0 Å². The van der Waals surface area contributed by atoms with E-state index in [1.54, 1.807) is 17.5 Å². The van der Waals surface area contributed by atoms with E-state index < -0.39 is 15.9 Å². The fourth-order valence-corrected chi connectivity index (χ4v) is 5.28. The topological polar surface area (TPSA) is 88.4 Å². The number of hydrogen-bond donors (Lipinski definition) is 2. The monoisotopic (exact) mass is 426 g/mol. The van der Waals surface area contributed by atoms with E-state index >= 15 is 0 Å². The van der Waals surface area contributed by atoms with Crippen molar-refractivity contribution in [2.24, 2.45) is 0 Å². The molecule has 0 radical (unpaired) electrons. The molecule has 0 aliphatic rings. The van der Waals surface area contributed by atoms with Crippen LogP contribution in [0.5, 0.6) is 0 Å². The van der Waals surface area contributed by atoms with Gasteiger partial charge in [-0.2, -0.15) is 0 Å². The van der Waals surface area contributed by atoms with Crippen LogP contribution in [0.2, 0.25) is 0 Å². The maximum atomic E-state index is 12.8. The number of nitrogens with one attached hydrogen (secondary N) is 2. The summed E-state index contributed by atoms with van der Waals surface area (Å²) < 4.78 is 33.7. The number of thiophene rings is 1. The molecule has 0 aliphatic heterocycles. The van der Waals surface area contributed by atoms with E-state index in [1.165, 1.54) is 6.07 Å². The molecule has 2 aromatic carbocycles. The van der Waals surface area contributed by atoms with Gasteiger partial charge in [-0.1, -0.05) is 35.9 Å². The van der Waals surface area contributed by atoms with Crippen molar-refractivity contribution in [3.63, 3.8) is 0 Å². The van der Waals surface area contributed by atoms with E-state index in [2.05, 4.69) is 10.0 Å². The largest absolute Gasteiger partial charge is 0.459 e. The molecular weight excluding hydrogens is 408 g/mol. The van der Waals surface area contributed by atoms with Gasteiger partial charge in [0.1, 0.15) is 21.1 Å². The summed E-state index contributed by atoms with van der Waals surface area (Å²) in [5.74, 6) is 0.128. The lowest BCUT2D eigenvalue weighted by Crippen LogP contribution is -2.24. The second-order valence-corrected chi connectivity index (χ2v) is 9.09. The Hall–Kier alpha value is -3.10. The summed E-state index contributed by atoms with van der Waals surface area (Å²) in [5.41, 5.74) is 2.20. The molecule has 148 valence electrons. The van der Waals surface area contributed by atoms with Gasteiger partial charge in [0.25, 0.3) is 15.9 Å². The third kappa shape index (κ3) is 4.18. The van der Waals surface area contributed by atoms with Gasteiger partial charge in [-0.15, -0.1) is 11.3 Å². The van der Waals surface area contributed by atoms with Gasteiger partial charge in [-0.25, -0.2) is 8.42 Å². The van der Waals surface area contributed by atoms with Gasteiger partial charge < -0.3 is 9.73 Å². The zero-order valence-corrected chi connectivity index (χ0v) is 17.1. The molecule has 8 heteroatoms. The van der Waals surface area contributed by atoms with E-state index in [9.17, 15) is 13.2 Å². The Morgan fingerprint density at radius 2 is 1.83 bits per heavy atom. The first-order valence-electron chi connectivity index (χ1n) is 8.85. The van der Waals surface area contributed by atoms with E-state index in [4.69, 9.17) is 4.42 Å². The normalized spacial score (nSPS) is 11.5. The number of amides is 1. The predicted molar refractivity (Wildman–Crippen MR) is 114 cm³/mol. The number of benzene rings is 2. The van der Waals surface area contributed by atoms with Crippen molar-refractivity contribution in [2.75, 3.05) is 4.72 Å². The van der Waals surface area contributed by atoms with E-state index in [1.807, 2.05) is 49.4 Å². The highest BCUT2D eigenvalue weighted by atomic mass is 32.2. The summed E-state index contributed by atoms with van der Waals surface area (Å²) >= 11 is 1.08. The van der Waals surface area contributed by atoms with Crippen LogP contribution in [0.15, 0.2) is 75.4 Å². The Bertz CT molecular complexity index is 1240. The number of carbonyl (C=O) groups excluding carboxylic acids is 1. The van der Waals surface area contributed by atoms with Crippen molar-refractivity contribution < 1.29 is 17.6 Å². The van der Waals surface area contributed by atoms with Crippen LogP contribution >= 0.6 is 11.3 Å². The van der Waals surface area contributed by atoms with Gasteiger partial charge in [0.15, 0.2) is 0 Å². The summed E-state index contributed by atoms with van der Waals surface area (Å²) in [4.78, 5) is 12.7. The first-order valence-corrected chi connectivity index (χ1v) is 11.2. The number of aryl methyl sites for hydroxylation is 1. The standard InChI is InChI=1S/C21H18N2O4S2/c1-14-6-8-16(9-7-14)23-29(25,26)19-10-11-28-20(19)21(24)22-13-17-12-15-4-2-3-5-18(15)27-17/h2-12,23H,13H2,1H3,(H,22,24). The average Bonchev–Trinajstić information content (AvgIpc) is 3.35. The van der Waals surface area contributed by atoms with Crippen LogP contribution in [-0.4, -0.2) is 14.3 Å². The van der Waals surface area contributed by atoms with Gasteiger partial charge >= 0.3 is 0 Å². The molecule has 6 nitrogen and oxygen atoms in total. The minimum atomic E-state index is -3.89. The van der Waals surface area contributed by atoms with Gasteiger partial charge in [0.05, 0.1) is 6.54 Å².